The molecule has 37 heavy (non-hydrogen) atoms. The number of hydrogen-bond donors (Lipinski definition) is 0. The van der Waals surface area contributed by atoms with Gasteiger partial charge in [0.1, 0.15) is 11.6 Å². The molecule has 3 aromatic rings. The highest BCUT2D eigenvalue weighted by Gasteiger charge is 2.27. The molecule has 0 fully saturated rings. The molecular weight excluding hydrogens is 466 g/mol. The van der Waals surface area contributed by atoms with E-state index in [9.17, 15) is 9.59 Å². The molecule has 7 heteroatoms. The molecule has 0 aliphatic carbocycles. The van der Waals surface area contributed by atoms with Crippen LogP contribution in [0.1, 0.15) is 76.2 Å². The van der Waals surface area contributed by atoms with Crippen LogP contribution in [0.5, 0.6) is 5.75 Å². The van der Waals surface area contributed by atoms with Gasteiger partial charge in [0, 0.05) is 20.1 Å². The van der Waals surface area contributed by atoms with Crippen LogP contribution in [-0.2, 0) is 9.53 Å². The fourth-order valence-corrected chi connectivity index (χ4v) is 4.70. The number of aryl methyl sites for hydroxylation is 1. The molecule has 0 spiro atoms. The monoisotopic (exact) mass is 507 g/mol. The fourth-order valence-electron chi connectivity index (χ4n) is 4.70. The van der Waals surface area contributed by atoms with Crippen molar-refractivity contribution in [2.75, 3.05) is 27.4 Å². The molecule has 0 radical (unpaired) electrons. The van der Waals surface area contributed by atoms with E-state index >= 15 is 0 Å². The SMILES string of the molecule is CCCCCCCCC(=O)N(CCOC)C(C)c1nc2ccccc2c(=O)n1-c1cc(C)ccc1OC. The van der Waals surface area contributed by atoms with Crippen LogP contribution in [0.2, 0.25) is 0 Å². The number of hydrogen-bond acceptors (Lipinski definition) is 5. The Labute approximate surface area is 220 Å². The molecule has 0 bridgehead atoms. The number of carbonyl (C=O) groups excluding carboxylic acids is 1. The molecule has 0 aliphatic rings. The van der Waals surface area contributed by atoms with E-state index in [4.69, 9.17) is 14.5 Å². The molecule has 1 unspecified atom stereocenters. The third kappa shape index (κ3) is 6.98. The molecule has 1 amide bonds. The number of fused-ring (bicyclic) bond motifs is 1. The van der Waals surface area contributed by atoms with E-state index in [0.29, 0.717) is 47.7 Å². The number of aromatic nitrogens is 2. The van der Waals surface area contributed by atoms with Crippen LogP contribution in [0.25, 0.3) is 16.6 Å². The number of methoxy groups -OCH3 is 2. The van der Waals surface area contributed by atoms with Gasteiger partial charge in [-0.1, -0.05) is 57.2 Å². The molecule has 2 aromatic carbocycles. The van der Waals surface area contributed by atoms with Crippen molar-refractivity contribution in [2.24, 2.45) is 0 Å². The molecule has 0 N–H and O–H groups in total. The summed E-state index contributed by atoms with van der Waals surface area (Å²) in [6.07, 6.45) is 7.14. The normalized spacial score (nSPS) is 12.0. The lowest BCUT2D eigenvalue weighted by atomic mass is 10.1. The van der Waals surface area contributed by atoms with E-state index in [1.165, 1.54) is 19.3 Å². The Morgan fingerprint density at radius 1 is 1.05 bits per heavy atom. The van der Waals surface area contributed by atoms with Gasteiger partial charge < -0.3 is 14.4 Å². The molecule has 1 atom stereocenters. The van der Waals surface area contributed by atoms with Crippen LogP contribution in [0, 0.1) is 6.92 Å². The van der Waals surface area contributed by atoms with Gasteiger partial charge >= 0.3 is 0 Å². The van der Waals surface area contributed by atoms with Crippen LogP contribution in [0.3, 0.4) is 0 Å². The average molecular weight is 508 g/mol. The van der Waals surface area contributed by atoms with E-state index in [2.05, 4.69) is 6.92 Å². The van der Waals surface area contributed by atoms with Gasteiger partial charge in [0.15, 0.2) is 0 Å². The second-order valence-electron chi connectivity index (χ2n) is 9.58. The second-order valence-corrected chi connectivity index (χ2v) is 9.58. The minimum Gasteiger partial charge on any atom is -0.495 e. The number of nitrogens with zero attached hydrogens (tertiary/aromatic N) is 3. The van der Waals surface area contributed by atoms with Crippen molar-refractivity contribution in [3.63, 3.8) is 0 Å². The third-order valence-corrected chi connectivity index (χ3v) is 6.82. The summed E-state index contributed by atoms with van der Waals surface area (Å²) < 4.78 is 12.6. The van der Waals surface area contributed by atoms with Crippen molar-refractivity contribution < 1.29 is 14.3 Å². The molecule has 0 saturated heterocycles. The Balaban J connectivity index is 2.05. The van der Waals surface area contributed by atoms with Crippen LogP contribution < -0.4 is 10.3 Å². The van der Waals surface area contributed by atoms with Gasteiger partial charge in [-0.05, 0) is 50.1 Å². The zero-order chi connectivity index (χ0) is 26.8. The molecule has 0 saturated carbocycles. The number of ether oxygens (including phenoxy) is 2. The highest BCUT2D eigenvalue weighted by Crippen LogP contribution is 2.29. The highest BCUT2D eigenvalue weighted by atomic mass is 16.5. The summed E-state index contributed by atoms with van der Waals surface area (Å²) in [7, 11) is 3.22. The summed E-state index contributed by atoms with van der Waals surface area (Å²) >= 11 is 0. The van der Waals surface area contributed by atoms with E-state index in [0.717, 1.165) is 24.8 Å². The third-order valence-electron chi connectivity index (χ3n) is 6.82. The lowest BCUT2D eigenvalue weighted by molar-refractivity contribution is -0.134. The molecular formula is C30H41N3O4. The maximum Gasteiger partial charge on any atom is 0.266 e. The topological polar surface area (TPSA) is 73.7 Å². The van der Waals surface area contributed by atoms with E-state index in [1.807, 2.05) is 50.2 Å². The highest BCUT2D eigenvalue weighted by molar-refractivity contribution is 5.79. The van der Waals surface area contributed by atoms with E-state index in [1.54, 1.807) is 29.8 Å². The number of amides is 1. The summed E-state index contributed by atoms with van der Waals surface area (Å²) in [5.41, 5.74) is 2.02. The Morgan fingerprint density at radius 2 is 1.78 bits per heavy atom. The van der Waals surface area contributed by atoms with Crippen molar-refractivity contribution in [1.82, 2.24) is 14.5 Å². The first-order valence-corrected chi connectivity index (χ1v) is 13.4. The molecule has 1 heterocycles. The number of benzene rings is 2. The smallest absolute Gasteiger partial charge is 0.266 e. The van der Waals surface area contributed by atoms with Crippen LogP contribution in [0.4, 0.5) is 0 Å². The summed E-state index contributed by atoms with van der Waals surface area (Å²) in [6, 6.07) is 12.6. The first kappa shape index (κ1) is 28.4. The Hall–Kier alpha value is -3.19. The van der Waals surface area contributed by atoms with Crippen molar-refractivity contribution in [3.05, 3.63) is 64.2 Å². The molecule has 7 nitrogen and oxygen atoms in total. The number of carbonyl (C=O) groups is 1. The van der Waals surface area contributed by atoms with Crippen LogP contribution >= 0.6 is 0 Å². The van der Waals surface area contributed by atoms with Gasteiger partial charge in [0.05, 0.1) is 36.3 Å². The average Bonchev–Trinajstić information content (AvgIpc) is 2.90. The fraction of sp³-hybridized carbons (Fsp3) is 0.500. The molecule has 3 rings (SSSR count). The first-order valence-electron chi connectivity index (χ1n) is 13.4. The van der Waals surface area contributed by atoms with Gasteiger partial charge in [-0.25, -0.2) is 4.98 Å². The van der Waals surface area contributed by atoms with Crippen molar-refractivity contribution in [2.45, 2.75) is 71.8 Å². The molecule has 0 aliphatic heterocycles. The van der Waals surface area contributed by atoms with Crippen molar-refractivity contribution in [1.29, 1.82) is 0 Å². The number of rotatable bonds is 14. The summed E-state index contributed by atoms with van der Waals surface area (Å²) in [4.78, 5) is 34.1. The Morgan fingerprint density at radius 3 is 2.51 bits per heavy atom. The Kier molecular flexibility index (Phi) is 10.7. The van der Waals surface area contributed by atoms with E-state index in [-0.39, 0.29) is 11.5 Å². The predicted molar refractivity (Wildman–Crippen MR) is 149 cm³/mol. The minimum absolute atomic E-state index is 0.0465. The van der Waals surface area contributed by atoms with Gasteiger partial charge in [0.25, 0.3) is 5.56 Å². The van der Waals surface area contributed by atoms with Crippen molar-refractivity contribution >= 4 is 16.8 Å². The quantitative estimate of drug-likeness (QED) is 0.251. The zero-order valence-electron chi connectivity index (χ0n) is 23.0. The minimum atomic E-state index is -0.453. The lowest BCUT2D eigenvalue weighted by Gasteiger charge is -2.31. The summed E-state index contributed by atoms with van der Waals surface area (Å²) in [5, 5.41) is 0.517. The van der Waals surface area contributed by atoms with Gasteiger partial charge in [-0.3, -0.25) is 14.2 Å². The predicted octanol–water partition coefficient (Wildman–Crippen LogP) is 5.99. The van der Waals surface area contributed by atoms with E-state index < -0.39 is 6.04 Å². The lowest BCUT2D eigenvalue weighted by Crippen LogP contribution is -2.39. The van der Waals surface area contributed by atoms with Gasteiger partial charge in [-0.2, -0.15) is 0 Å². The number of unbranched alkanes of at least 4 members (excludes halogenated alkanes) is 5. The van der Waals surface area contributed by atoms with Gasteiger partial charge in [-0.15, -0.1) is 0 Å². The van der Waals surface area contributed by atoms with Crippen LogP contribution in [0.15, 0.2) is 47.3 Å². The maximum atomic E-state index is 13.9. The molecule has 1 aromatic heterocycles. The van der Waals surface area contributed by atoms with Crippen molar-refractivity contribution in [3.8, 4) is 11.4 Å². The molecule has 200 valence electrons. The maximum absolute atomic E-state index is 13.9. The summed E-state index contributed by atoms with van der Waals surface area (Å²) in [5.74, 6) is 1.12. The number of para-hydroxylation sites is 1. The second kappa shape index (κ2) is 13.9. The van der Waals surface area contributed by atoms with Gasteiger partial charge in [0.2, 0.25) is 5.91 Å². The first-order chi connectivity index (χ1) is 17.9. The Bertz CT molecular complexity index is 1240. The largest absolute Gasteiger partial charge is 0.495 e. The zero-order valence-corrected chi connectivity index (χ0v) is 23.0. The van der Waals surface area contributed by atoms with Crippen LogP contribution in [-0.4, -0.2) is 47.7 Å². The summed E-state index contributed by atoms with van der Waals surface area (Å²) in [6.45, 7) is 6.92. The standard InChI is InChI=1S/C30H41N3O4/c1-6-7-8-9-10-11-16-28(34)32(19-20-36-4)23(3)29-31-25-15-13-12-14-24(25)30(35)33(29)26-21-22(2)17-18-27(26)37-5/h12-15,17-18,21,23H,6-11,16,19-20H2,1-5H3.